The summed E-state index contributed by atoms with van der Waals surface area (Å²) in [5.74, 6) is 0.359. The number of halogens is 1. The molecule has 0 aliphatic rings. The summed E-state index contributed by atoms with van der Waals surface area (Å²) in [4.78, 5) is 11.1. The van der Waals surface area contributed by atoms with E-state index in [1.54, 1.807) is 25.3 Å². The summed E-state index contributed by atoms with van der Waals surface area (Å²) < 4.78 is 5.70. The first-order valence-corrected chi connectivity index (χ1v) is 4.46. The molecule has 0 radical (unpaired) electrons. The van der Waals surface area contributed by atoms with Crippen LogP contribution >= 0.6 is 15.9 Å². The standard InChI is InChI=1S/C9H9BrO3/c1-13-9-3-2-6(4-7(9)10)8(12)5-11/h2-4,11H,5H2,1H3. The van der Waals surface area contributed by atoms with Gasteiger partial charge in [0.15, 0.2) is 5.78 Å². The van der Waals surface area contributed by atoms with E-state index < -0.39 is 6.61 Å². The van der Waals surface area contributed by atoms with Gasteiger partial charge in [-0.2, -0.15) is 0 Å². The molecule has 1 N–H and O–H groups in total. The Bertz CT molecular complexity index is 323. The minimum Gasteiger partial charge on any atom is -0.496 e. The quantitative estimate of drug-likeness (QED) is 0.823. The number of carbonyl (C=O) groups is 1. The number of hydrogen-bond acceptors (Lipinski definition) is 3. The highest BCUT2D eigenvalue weighted by atomic mass is 79.9. The number of ether oxygens (including phenoxy) is 1. The Morgan fingerprint density at radius 3 is 2.77 bits per heavy atom. The maximum absolute atomic E-state index is 11.1. The molecule has 0 saturated heterocycles. The molecule has 0 aliphatic heterocycles. The molecule has 0 spiro atoms. The lowest BCUT2D eigenvalue weighted by Crippen LogP contribution is -2.04. The first kappa shape index (κ1) is 10.2. The van der Waals surface area contributed by atoms with Crippen molar-refractivity contribution in [1.29, 1.82) is 0 Å². The molecule has 0 amide bonds. The SMILES string of the molecule is COc1ccc(C(=O)CO)cc1Br. The van der Waals surface area contributed by atoms with Crippen molar-refractivity contribution in [2.75, 3.05) is 13.7 Å². The van der Waals surface area contributed by atoms with Crippen LogP contribution in [-0.4, -0.2) is 24.6 Å². The third kappa shape index (κ3) is 2.29. The van der Waals surface area contributed by atoms with Crippen molar-refractivity contribution in [2.24, 2.45) is 0 Å². The maximum Gasteiger partial charge on any atom is 0.188 e. The summed E-state index contributed by atoms with van der Waals surface area (Å²) in [5, 5.41) is 8.61. The molecule has 0 fully saturated rings. The normalized spacial score (nSPS) is 9.77. The number of hydrogen-bond donors (Lipinski definition) is 1. The largest absolute Gasteiger partial charge is 0.496 e. The van der Waals surface area contributed by atoms with Crippen molar-refractivity contribution in [1.82, 2.24) is 0 Å². The van der Waals surface area contributed by atoms with Gasteiger partial charge < -0.3 is 9.84 Å². The van der Waals surface area contributed by atoms with Crippen molar-refractivity contribution < 1.29 is 14.6 Å². The summed E-state index contributed by atoms with van der Waals surface area (Å²) >= 11 is 3.25. The fourth-order valence-electron chi connectivity index (χ4n) is 0.931. The Morgan fingerprint density at radius 1 is 1.62 bits per heavy atom. The molecule has 0 heterocycles. The van der Waals surface area contributed by atoms with E-state index >= 15 is 0 Å². The van der Waals surface area contributed by atoms with Crippen molar-refractivity contribution in [3.63, 3.8) is 0 Å². The van der Waals surface area contributed by atoms with Crippen molar-refractivity contribution in [3.8, 4) is 5.75 Å². The van der Waals surface area contributed by atoms with Gasteiger partial charge in [0.2, 0.25) is 0 Å². The Kier molecular flexibility index (Phi) is 3.45. The van der Waals surface area contributed by atoms with Gasteiger partial charge in [0.05, 0.1) is 11.6 Å². The predicted octanol–water partition coefficient (Wildman–Crippen LogP) is 1.63. The number of benzene rings is 1. The smallest absolute Gasteiger partial charge is 0.188 e. The van der Waals surface area contributed by atoms with Crippen LogP contribution in [0.5, 0.6) is 5.75 Å². The monoisotopic (exact) mass is 244 g/mol. The zero-order chi connectivity index (χ0) is 9.84. The lowest BCUT2D eigenvalue weighted by Gasteiger charge is -2.04. The highest BCUT2D eigenvalue weighted by Gasteiger charge is 2.06. The predicted molar refractivity (Wildman–Crippen MR) is 52.1 cm³/mol. The van der Waals surface area contributed by atoms with Crippen LogP contribution in [0.1, 0.15) is 10.4 Å². The van der Waals surface area contributed by atoms with E-state index in [4.69, 9.17) is 9.84 Å². The molecule has 0 unspecified atom stereocenters. The highest BCUT2D eigenvalue weighted by molar-refractivity contribution is 9.10. The molecule has 0 aromatic heterocycles. The first-order valence-electron chi connectivity index (χ1n) is 3.66. The van der Waals surface area contributed by atoms with Crippen LogP contribution in [0.2, 0.25) is 0 Å². The second-order valence-electron chi connectivity index (χ2n) is 2.43. The third-order valence-electron chi connectivity index (χ3n) is 1.62. The van der Waals surface area contributed by atoms with E-state index in [9.17, 15) is 4.79 Å². The van der Waals surface area contributed by atoms with E-state index in [0.29, 0.717) is 15.8 Å². The molecular formula is C9H9BrO3. The van der Waals surface area contributed by atoms with Crippen LogP contribution in [0, 0.1) is 0 Å². The molecule has 13 heavy (non-hydrogen) atoms. The summed E-state index contributed by atoms with van der Waals surface area (Å²) in [6.45, 7) is -0.473. The van der Waals surface area contributed by atoms with E-state index in [0.717, 1.165) is 0 Å². The number of Topliss-reactive ketones (excluding diaryl/α,β-unsaturated/α-hetero) is 1. The van der Waals surface area contributed by atoms with Gasteiger partial charge in [-0.1, -0.05) is 0 Å². The van der Waals surface area contributed by atoms with E-state index in [2.05, 4.69) is 15.9 Å². The molecule has 3 nitrogen and oxygen atoms in total. The van der Waals surface area contributed by atoms with E-state index in [-0.39, 0.29) is 5.78 Å². The topological polar surface area (TPSA) is 46.5 Å². The lowest BCUT2D eigenvalue weighted by molar-refractivity contribution is 0.0903. The number of aliphatic hydroxyl groups is 1. The molecule has 0 atom stereocenters. The van der Waals surface area contributed by atoms with Gasteiger partial charge in [-0.05, 0) is 34.1 Å². The van der Waals surface area contributed by atoms with Crippen molar-refractivity contribution >= 4 is 21.7 Å². The highest BCUT2D eigenvalue weighted by Crippen LogP contribution is 2.25. The average molecular weight is 245 g/mol. The van der Waals surface area contributed by atoms with Crippen LogP contribution < -0.4 is 4.74 Å². The molecule has 4 heteroatoms. The molecule has 0 saturated carbocycles. The van der Waals surface area contributed by atoms with Crippen molar-refractivity contribution in [3.05, 3.63) is 28.2 Å². The van der Waals surface area contributed by atoms with E-state index in [1.807, 2.05) is 0 Å². The summed E-state index contributed by atoms with van der Waals surface area (Å²) in [6.07, 6.45) is 0. The molecule has 1 aromatic carbocycles. The summed E-state index contributed by atoms with van der Waals surface area (Å²) in [6, 6.07) is 4.91. The third-order valence-corrected chi connectivity index (χ3v) is 2.24. The van der Waals surface area contributed by atoms with Gasteiger partial charge in [0.1, 0.15) is 12.4 Å². The number of methoxy groups -OCH3 is 1. The van der Waals surface area contributed by atoms with Crippen LogP contribution in [0.4, 0.5) is 0 Å². The molecule has 1 rings (SSSR count). The van der Waals surface area contributed by atoms with Crippen LogP contribution in [0.15, 0.2) is 22.7 Å². The van der Waals surface area contributed by atoms with E-state index in [1.165, 1.54) is 0 Å². The number of carbonyl (C=O) groups excluding carboxylic acids is 1. The van der Waals surface area contributed by atoms with Crippen molar-refractivity contribution in [2.45, 2.75) is 0 Å². The Morgan fingerprint density at radius 2 is 2.31 bits per heavy atom. The van der Waals surface area contributed by atoms with Gasteiger partial charge in [-0.15, -0.1) is 0 Å². The molecule has 70 valence electrons. The lowest BCUT2D eigenvalue weighted by atomic mass is 10.1. The second kappa shape index (κ2) is 4.39. The van der Waals surface area contributed by atoms with Crippen LogP contribution in [-0.2, 0) is 0 Å². The van der Waals surface area contributed by atoms with Gasteiger partial charge in [-0.25, -0.2) is 0 Å². The average Bonchev–Trinajstić information content (AvgIpc) is 2.16. The molecule has 0 aliphatic carbocycles. The zero-order valence-corrected chi connectivity index (χ0v) is 8.67. The maximum atomic E-state index is 11.1. The summed E-state index contributed by atoms with van der Waals surface area (Å²) in [7, 11) is 1.55. The number of aliphatic hydroxyl groups excluding tert-OH is 1. The van der Waals surface area contributed by atoms with Gasteiger partial charge >= 0.3 is 0 Å². The number of rotatable bonds is 3. The molecule has 0 bridgehead atoms. The van der Waals surface area contributed by atoms with Gasteiger partial charge in [0.25, 0.3) is 0 Å². The summed E-state index contributed by atoms with van der Waals surface area (Å²) in [5.41, 5.74) is 0.468. The molecular weight excluding hydrogens is 236 g/mol. The van der Waals surface area contributed by atoms with Crippen LogP contribution in [0.3, 0.4) is 0 Å². The van der Waals surface area contributed by atoms with Gasteiger partial charge in [0, 0.05) is 5.56 Å². The minimum atomic E-state index is -0.473. The second-order valence-corrected chi connectivity index (χ2v) is 3.28. The minimum absolute atomic E-state index is 0.302. The number of ketones is 1. The Hall–Kier alpha value is -0.870. The fourth-order valence-corrected chi connectivity index (χ4v) is 1.47. The Balaban J connectivity index is 3.02. The van der Waals surface area contributed by atoms with Crippen LogP contribution in [0.25, 0.3) is 0 Å². The Labute approximate surface area is 84.5 Å². The first-order chi connectivity index (χ1) is 6.19. The van der Waals surface area contributed by atoms with Gasteiger partial charge in [-0.3, -0.25) is 4.79 Å². The zero-order valence-electron chi connectivity index (χ0n) is 7.08. The fraction of sp³-hybridized carbons (Fsp3) is 0.222. The molecule has 1 aromatic rings.